The number of ether oxygens (including phenoxy) is 1. The van der Waals surface area contributed by atoms with E-state index in [0.717, 1.165) is 36.7 Å². The van der Waals surface area contributed by atoms with Crippen molar-refractivity contribution >= 4 is 17.6 Å². The number of hydrogen-bond acceptors (Lipinski definition) is 5. The molecule has 0 aliphatic carbocycles. The molecule has 2 heterocycles. The molecule has 0 spiro atoms. The first-order valence-corrected chi connectivity index (χ1v) is 7.16. The van der Waals surface area contributed by atoms with E-state index >= 15 is 0 Å². The fraction of sp³-hybridized carbons (Fsp3) is 0.538. The molecule has 1 aromatic heterocycles. The molecule has 1 aliphatic rings. The number of methoxy groups -OCH3 is 1. The summed E-state index contributed by atoms with van der Waals surface area (Å²) in [6.45, 7) is 0.767. The number of pyridine rings is 1. The summed E-state index contributed by atoms with van der Waals surface area (Å²) in [7, 11) is 1.78. The van der Waals surface area contributed by atoms with E-state index in [1.807, 2.05) is 17.8 Å². The number of hydrogen-bond donors (Lipinski definition) is 1. The molecule has 0 atom stereocenters. The van der Waals surface area contributed by atoms with Gasteiger partial charge in [-0.05, 0) is 36.5 Å². The van der Waals surface area contributed by atoms with E-state index in [2.05, 4.69) is 16.4 Å². The van der Waals surface area contributed by atoms with Crippen LogP contribution in [0.3, 0.4) is 0 Å². The molecular weight excluding hydrogens is 246 g/mol. The minimum atomic E-state index is -0.0686. The zero-order chi connectivity index (χ0) is 12.8. The summed E-state index contributed by atoms with van der Waals surface area (Å²) in [5.41, 5.74) is 0.511. The summed E-state index contributed by atoms with van der Waals surface area (Å²) in [6, 6.07) is 5.66. The molecule has 2 rings (SSSR count). The molecule has 1 aromatic rings. The number of anilines is 1. The first kappa shape index (κ1) is 13.2. The number of nitriles is 1. The van der Waals surface area contributed by atoms with Crippen LogP contribution in [0.4, 0.5) is 5.82 Å². The van der Waals surface area contributed by atoms with E-state index in [-0.39, 0.29) is 5.60 Å². The lowest BCUT2D eigenvalue weighted by Crippen LogP contribution is -2.42. The SMILES string of the molecule is COC1(CNc2ccc(C#N)cn2)CCSCC1. The average Bonchev–Trinajstić information content (AvgIpc) is 2.47. The molecule has 0 bridgehead atoms. The minimum Gasteiger partial charge on any atom is -0.376 e. The Hall–Kier alpha value is -1.25. The second kappa shape index (κ2) is 6.07. The van der Waals surface area contributed by atoms with Crippen LogP contribution < -0.4 is 5.32 Å². The molecule has 1 saturated heterocycles. The van der Waals surface area contributed by atoms with Crippen LogP contribution in [0.15, 0.2) is 18.3 Å². The number of nitrogens with one attached hydrogen (secondary N) is 1. The number of nitrogens with zero attached hydrogens (tertiary/aromatic N) is 2. The van der Waals surface area contributed by atoms with E-state index in [4.69, 9.17) is 10.00 Å². The van der Waals surface area contributed by atoms with Crippen molar-refractivity contribution in [3.8, 4) is 6.07 Å². The maximum absolute atomic E-state index is 8.71. The maximum Gasteiger partial charge on any atom is 0.126 e. The Morgan fingerprint density at radius 2 is 2.28 bits per heavy atom. The third kappa shape index (κ3) is 3.15. The molecule has 0 amide bonds. The molecule has 0 radical (unpaired) electrons. The monoisotopic (exact) mass is 263 g/mol. The van der Waals surface area contributed by atoms with Crippen LogP contribution in [0.25, 0.3) is 0 Å². The lowest BCUT2D eigenvalue weighted by molar-refractivity contribution is -0.00553. The third-order valence-corrected chi connectivity index (χ3v) is 4.31. The van der Waals surface area contributed by atoms with Crippen molar-refractivity contribution in [3.05, 3.63) is 23.9 Å². The minimum absolute atomic E-state index is 0.0686. The molecule has 18 heavy (non-hydrogen) atoms. The summed E-state index contributed by atoms with van der Waals surface area (Å²) in [5.74, 6) is 3.09. The molecular formula is C13H17N3OS. The molecule has 0 aromatic carbocycles. The average molecular weight is 263 g/mol. The molecule has 1 fully saturated rings. The third-order valence-electron chi connectivity index (χ3n) is 3.32. The summed E-state index contributed by atoms with van der Waals surface area (Å²) in [4.78, 5) is 4.20. The summed E-state index contributed by atoms with van der Waals surface area (Å²) in [6.07, 6.45) is 3.72. The number of rotatable bonds is 4. The van der Waals surface area contributed by atoms with Gasteiger partial charge in [0.1, 0.15) is 11.9 Å². The Kier molecular flexibility index (Phi) is 4.45. The Morgan fingerprint density at radius 1 is 1.50 bits per heavy atom. The predicted molar refractivity (Wildman–Crippen MR) is 73.7 cm³/mol. The standard InChI is InChI=1S/C13H17N3OS/c1-17-13(4-6-18-7-5-13)10-16-12-3-2-11(8-14)9-15-12/h2-3,9H,4-7,10H2,1H3,(H,15,16). The van der Waals surface area contributed by atoms with E-state index in [1.54, 1.807) is 19.4 Å². The van der Waals surface area contributed by atoms with Crippen LogP contribution in [0.5, 0.6) is 0 Å². The first-order valence-electron chi connectivity index (χ1n) is 6.01. The van der Waals surface area contributed by atoms with Crippen molar-refractivity contribution < 1.29 is 4.74 Å². The van der Waals surface area contributed by atoms with Gasteiger partial charge in [0.25, 0.3) is 0 Å². The molecule has 4 nitrogen and oxygen atoms in total. The van der Waals surface area contributed by atoms with Crippen molar-refractivity contribution in [1.29, 1.82) is 5.26 Å². The van der Waals surface area contributed by atoms with Crippen LogP contribution in [-0.2, 0) is 4.74 Å². The van der Waals surface area contributed by atoms with Crippen LogP contribution >= 0.6 is 11.8 Å². The van der Waals surface area contributed by atoms with Gasteiger partial charge in [-0.3, -0.25) is 0 Å². The highest BCUT2D eigenvalue weighted by Crippen LogP contribution is 2.30. The van der Waals surface area contributed by atoms with Gasteiger partial charge in [0.15, 0.2) is 0 Å². The van der Waals surface area contributed by atoms with Gasteiger partial charge < -0.3 is 10.1 Å². The maximum atomic E-state index is 8.71. The van der Waals surface area contributed by atoms with Gasteiger partial charge in [-0.1, -0.05) is 0 Å². The van der Waals surface area contributed by atoms with E-state index in [1.165, 1.54) is 0 Å². The van der Waals surface area contributed by atoms with Gasteiger partial charge in [-0.25, -0.2) is 4.98 Å². The van der Waals surface area contributed by atoms with Crippen LogP contribution in [0.1, 0.15) is 18.4 Å². The fourth-order valence-electron chi connectivity index (χ4n) is 2.01. The lowest BCUT2D eigenvalue weighted by atomic mass is 9.96. The highest BCUT2D eigenvalue weighted by molar-refractivity contribution is 7.99. The van der Waals surface area contributed by atoms with Gasteiger partial charge in [-0.2, -0.15) is 17.0 Å². The topological polar surface area (TPSA) is 57.9 Å². The molecule has 0 unspecified atom stereocenters. The normalized spacial score (nSPS) is 18.0. The Balaban J connectivity index is 1.94. The van der Waals surface area contributed by atoms with Gasteiger partial charge in [0.05, 0.1) is 11.2 Å². The van der Waals surface area contributed by atoms with E-state index < -0.39 is 0 Å². The summed E-state index contributed by atoms with van der Waals surface area (Å²) < 4.78 is 5.69. The van der Waals surface area contributed by atoms with E-state index in [0.29, 0.717) is 5.56 Å². The second-order valence-electron chi connectivity index (χ2n) is 4.40. The highest BCUT2D eigenvalue weighted by Gasteiger charge is 2.31. The van der Waals surface area contributed by atoms with Crippen molar-refractivity contribution in [2.24, 2.45) is 0 Å². The molecule has 5 heteroatoms. The molecule has 0 saturated carbocycles. The first-order chi connectivity index (χ1) is 8.78. The lowest BCUT2D eigenvalue weighted by Gasteiger charge is -2.35. The van der Waals surface area contributed by atoms with Gasteiger partial charge in [0.2, 0.25) is 0 Å². The quantitative estimate of drug-likeness (QED) is 0.903. The molecule has 96 valence electrons. The smallest absolute Gasteiger partial charge is 0.126 e. The van der Waals surface area contributed by atoms with Crippen molar-refractivity contribution in [1.82, 2.24) is 4.98 Å². The predicted octanol–water partition coefficient (Wildman–Crippen LogP) is 2.28. The van der Waals surface area contributed by atoms with Gasteiger partial charge in [0, 0.05) is 19.9 Å². The van der Waals surface area contributed by atoms with Gasteiger partial charge in [-0.15, -0.1) is 0 Å². The zero-order valence-electron chi connectivity index (χ0n) is 10.5. The van der Waals surface area contributed by atoms with Crippen molar-refractivity contribution in [2.75, 3.05) is 30.5 Å². The fourth-order valence-corrected chi connectivity index (χ4v) is 3.25. The summed E-state index contributed by atoms with van der Waals surface area (Å²) in [5, 5.41) is 12.0. The van der Waals surface area contributed by atoms with Crippen LogP contribution in [0, 0.1) is 11.3 Å². The largest absolute Gasteiger partial charge is 0.376 e. The number of thioether (sulfide) groups is 1. The zero-order valence-corrected chi connectivity index (χ0v) is 11.3. The molecule has 1 N–H and O–H groups in total. The van der Waals surface area contributed by atoms with Crippen LogP contribution in [-0.4, -0.2) is 35.7 Å². The van der Waals surface area contributed by atoms with Crippen molar-refractivity contribution in [3.63, 3.8) is 0 Å². The van der Waals surface area contributed by atoms with E-state index in [9.17, 15) is 0 Å². The Morgan fingerprint density at radius 3 is 2.83 bits per heavy atom. The number of aromatic nitrogens is 1. The van der Waals surface area contributed by atoms with Crippen molar-refractivity contribution in [2.45, 2.75) is 18.4 Å². The second-order valence-corrected chi connectivity index (χ2v) is 5.62. The summed E-state index contributed by atoms with van der Waals surface area (Å²) >= 11 is 1.98. The Bertz CT molecular complexity index is 421. The van der Waals surface area contributed by atoms with Gasteiger partial charge >= 0.3 is 0 Å². The highest BCUT2D eigenvalue weighted by atomic mass is 32.2. The molecule has 1 aliphatic heterocycles. The Labute approximate surface area is 112 Å². The van der Waals surface area contributed by atoms with Crippen LogP contribution in [0.2, 0.25) is 0 Å².